The number of amides is 1. The highest BCUT2D eigenvalue weighted by Gasteiger charge is 2.07. The lowest BCUT2D eigenvalue weighted by Crippen LogP contribution is -2.35. The predicted octanol–water partition coefficient (Wildman–Crippen LogP) is 0.632. The number of carbonyl (C=O) groups is 1. The van der Waals surface area contributed by atoms with Gasteiger partial charge in [-0.25, -0.2) is 0 Å². The van der Waals surface area contributed by atoms with Gasteiger partial charge in [-0.15, -0.1) is 0 Å². The molecule has 0 aromatic carbocycles. The molecule has 2 heterocycles. The van der Waals surface area contributed by atoms with E-state index in [0.717, 1.165) is 0 Å². The molecular weight excluding hydrogens is 272 g/mol. The van der Waals surface area contributed by atoms with Crippen molar-refractivity contribution in [2.75, 3.05) is 6.54 Å². The summed E-state index contributed by atoms with van der Waals surface area (Å²) in [5.41, 5.74) is -0.194. The molecule has 0 aliphatic carbocycles. The van der Waals surface area contributed by atoms with E-state index >= 15 is 0 Å². The van der Waals surface area contributed by atoms with Gasteiger partial charge in [0.25, 0.3) is 5.56 Å². The van der Waals surface area contributed by atoms with Crippen LogP contribution < -0.4 is 10.9 Å². The fourth-order valence-corrected chi connectivity index (χ4v) is 1.72. The molecule has 110 valence electrons. The van der Waals surface area contributed by atoms with Crippen molar-refractivity contribution in [3.63, 3.8) is 0 Å². The molecule has 0 aliphatic heterocycles. The summed E-state index contributed by atoms with van der Waals surface area (Å²) in [6.45, 7) is 0.185. The first-order chi connectivity index (χ1) is 10.1. The molecule has 0 fully saturated rings. The quantitative estimate of drug-likeness (QED) is 0.764. The summed E-state index contributed by atoms with van der Waals surface area (Å²) < 4.78 is 6.43. The third-order valence-electron chi connectivity index (χ3n) is 2.76. The number of carbonyl (C=O) groups excluding carboxylic acids is 1. The fraction of sp³-hybridized carbons (Fsp3) is 0.200. The maximum Gasteiger partial charge on any atom is 0.250 e. The van der Waals surface area contributed by atoms with Gasteiger partial charge in [-0.3, -0.25) is 9.59 Å². The average Bonchev–Trinajstić information content (AvgIpc) is 2.99. The lowest BCUT2D eigenvalue weighted by Gasteiger charge is -2.12. The second-order valence-electron chi connectivity index (χ2n) is 4.44. The Labute approximate surface area is 121 Å². The largest absolute Gasteiger partial charge is 0.465 e. The van der Waals surface area contributed by atoms with E-state index in [1.807, 2.05) is 0 Å². The molecule has 0 saturated heterocycles. The highest BCUT2D eigenvalue weighted by molar-refractivity contribution is 5.91. The van der Waals surface area contributed by atoms with Gasteiger partial charge in [-0.05, 0) is 24.3 Å². The van der Waals surface area contributed by atoms with Crippen molar-refractivity contribution < 1.29 is 14.3 Å². The standard InChI is InChI=1S/C15H16N2O4/c18-12(11-17-8-2-1-5-15(17)20)10-16-14(19)7-6-13-4-3-9-21-13/h1-9,12,18H,10-11H2,(H,16,19)/b7-6+/t12-/m1/s1. The van der Waals surface area contributed by atoms with Crippen LogP contribution in [0.1, 0.15) is 5.76 Å². The van der Waals surface area contributed by atoms with E-state index in [1.54, 1.807) is 30.5 Å². The van der Waals surface area contributed by atoms with Crippen LogP contribution >= 0.6 is 0 Å². The van der Waals surface area contributed by atoms with Crippen molar-refractivity contribution in [2.24, 2.45) is 0 Å². The van der Waals surface area contributed by atoms with Crippen LogP contribution in [-0.4, -0.2) is 28.2 Å². The molecule has 6 heteroatoms. The van der Waals surface area contributed by atoms with Crippen LogP contribution in [0.15, 0.2) is 58.1 Å². The summed E-state index contributed by atoms with van der Waals surface area (Å²) in [5, 5.41) is 12.4. The molecule has 0 spiro atoms. The molecule has 2 aromatic rings. The SMILES string of the molecule is O=C(/C=C/c1ccco1)NC[C@@H](O)Cn1ccccc1=O. The molecule has 6 nitrogen and oxygen atoms in total. The zero-order valence-electron chi connectivity index (χ0n) is 11.3. The second kappa shape index (κ2) is 7.25. The Kier molecular flexibility index (Phi) is 5.11. The van der Waals surface area contributed by atoms with E-state index in [0.29, 0.717) is 5.76 Å². The van der Waals surface area contributed by atoms with E-state index in [9.17, 15) is 14.7 Å². The number of hydrogen-bond acceptors (Lipinski definition) is 4. The van der Waals surface area contributed by atoms with Gasteiger partial charge in [0.1, 0.15) is 5.76 Å². The number of aromatic nitrogens is 1. The summed E-state index contributed by atoms with van der Waals surface area (Å²) in [4.78, 5) is 23.0. The summed E-state index contributed by atoms with van der Waals surface area (Å²) in [5.74, 6) is 0.229. The monoisotopic (exact) mass is 288 g/mol. The number of nitrogens with zero attached hydrogens (tertiary/aromatic N) is 1. The predicted molar refractivity (Wildman–Crippen MR) is 77.5 cm³/mol. The van der Waals surface area contributed by atoms with Crippen LogP contribution in [0, 0.1) is 0 Å². The minimum absolute atomic E-state index is 0.0582. The molecule has 0 bridgehead atoms. The topological polar surface area (TPSA) is 84.5 Å². The third-order valence-corrected chi connectivity index (χ3v) is 2.76. The number of rotatable bonds is 6. The minimum atomic E-state index is -0.842. The Balaban J connectivity index is 1.78. The lowest BCUT2D eigenvalue weighted by molar-refractivity contribution is -0.116. The Bertz CT molecular complexity index is 658. The highest BCUT2D eigenvalue weighted by atomic mass is 16.3. The third kappa shape index (κ3) is 4.77. The molecule has 0 aliphatic rings. The highest BCUT2D eigenvalue weighted by Crippen LogP contribution is 2.01. The van der Waals surface area contributed by atoms with Crippen LogP contribution in [0.4, 0.5) is 0 Å². The first kappa shape index (κ1) is 14.8. The maximum absolute atomic E-state index is 11.5. The van der Waals surface area contributed by atoms with E-state index in [1.165, 1.54) is 29.0 Å². The van der Waals surface area contributed by atoms with Gasteiger partial charge < -0.3 is 19.4 Å². The van der Waals surface area contributed by atoms with Gasteiger partial charge in [0, 0.05) is 24.9 Å². The van der Waals surface area contributed by atoms with Crippen LogP contribution in [-0.2, 0) is 11.3 Å². The normalized spacial score (nSPS) is 12.4. The molecule has 0 radical (unpaired) electrons. The lowest BCUT2D eigenvalue weighted by atomic mass is 10.3. The minimum Gasteiger partial charge on any atom is -0.465 e. The summed E-state index contributed by atoms with van der Waals surface area (Å²) >= 11 is 0. The van der Waals surface area contributed by atoms with Gasteiger partial charge in [-0.2, -0.15) is 0 Å². The Morgan fingerprint density at radius 1 is 1.38 bits per heavy atom. The summed E-state index contributed by atoms with van der Waals surface area (Å²) in [6, 6.07) is 8.20. The Morgan fingerprint density at radius 2 is 2.24 bits per heavy atom. The first-order valence-corrected chi connectivity index (χ1v) is 6.48. The zero-order valence-corrected chi connectivity index (χ0v) is 11.3. The van der Waals surface area contributed by atoms with E-state index in [-0.39, 0.29) is 24.6 Å². The van der Waals surface area contributed by atoms with Crippen molar-refractivity contribution in [1.82, 2.24) is 9.88 Å². The van der Waals surface area contributed by atoms with Gasteiger partial charge in [-0.1, -0.05) is 6.07 Å². The van der Waals surface area contributed by atoms with Crippen LogP contribution in [0.2, 0.25) is 0 Å². The van der Waals surface area contributed by atoms with Crippen LogP contribution in [0.5, 0.6) is 0 Å². The first-order valence-electron chi connectivity index (χ1n) is 6.48. The molecule has 2 aromatic heterocycles. The summed E-state index contributed by atoms with van der Waals surface area (Å²) in [7, 11) is 0. The van der Waals surface area contributed by atoms with Gasteiger partial charge in [0.2, 0.25) is 5.91 Å². The molecule has 21 heavy (non-hydrogen) atoms. The Hall–Kier alpha value is -2.60. The second-order valence-corrected chi connectivity index (χ2v) is 4.44. The van der Waals surface area contributed by atoms with Crippen molar-refractivity contribution in [3.05, 3.63) is 65.0 Å². The molecular formula is C15H16N2O4. The average molecular weight is 288 g/mol. The van der Waals surface area contributed by atoms with Gasteiger partial charge >= 0.3 is 0 Å². The molecule has 1 amide bonds. The maximum atomic E-state index is 11.5. The number of aliphatic hydroxyl groups excluding tert-OH is 1. The molecule has 2 rings (SSSR count). The van der Waals surface area contributed by atoms with Gasteiger partial charge in [0.15, 0.2) is 0 Å². The van der Waals surface area contributed by atoms with E-state index < -0.39 is 6.10 Å². The van der Waals surface area contributed by atoms with Crippen molar-refractivity contribution in [1.29, 1.82) is 0 Å². The number of furan rings is 1. The number of nitrogens with one attached hydrogen (secondary N) is 1. The zero-order chi connectivity index (χ0) is 15.1. The van der Waals surface area contributed by atoms with Crippen molar-refractivity contribution in [2.45, 2.75) is 12.6 Å². The molecule has 2 N–H and O–H groups in total. The summed E-state index contributed by atoms with van der Waals surface area (Å²) in [6.07, 6.45) is 5.11. The fourth-order valence-electron chi connectivity index (χ4n) is 1.72. The van der Waals surface area contributed by atoms with Gasteiger partial charge in [0.05, 0.1) is 18.9 Å². The van der Waals surface area contributed by atoms with Crippen LogP contribution in [0.25, 0.3) is 6.08 Å². The smallest absolute Gasteiger partial charge is 0.250 e. The van der Waals surface area contributed by atoms with E-state index in [2.05, 4.69) is 5.32 Å². The molecule has 0 saturated carbocycles. The van der Waals surface area contributed by atoms with Crippen molar-refractivity contribution in [3.8, 4) is 0 Å². The molecule has 0 unspecified atom stereocenters. The number of aliphatic hydroxyl groups is 1. The number of pyridine rings is 1. The van der Waals surface area contributed by atoms with Crippen LogP contribution in [0.3, 0.4) is 0 Å². The Morgan fingerprint density at radius 3 is 2.95 bits per heavy atom. The molecule has 1 atom stereocenters. The number of hydrogen-bond donors (Lipinski definition) is 2. The van der Waals surface area contributed by atoms with Crippen molar-refractivity contribution >= 4 is 12.0 Å². The van der Waals surface area contributed by atoms with E-state index in [4.69, 9.17) is 4.42 Å².